The zero-order valence-electron chi connectivity index (χ0n) is 16.8. The summed E-state index contributed by atoms with van der Waals surface area (Å²) in [4.78, 5) is 25.5. The van der Waals surface area contributed by atoms with Crippen LogP contribution < -0.4 is 4.74 Å². The predicted molar refractivity (Wildman–Crippen MR) is 113 cm³/mol. The largest absolute Gasteiger partial charge is 0.484 e. The van der Waals surface area contributed by atoms with Crippen molar-refractivity contribution in [2.45, 2.75) is 18.7 Å². The van der Waals surface area contributed by atoms with E-state index in [0.29, 0.717) is 16.3 Å². The number of ether oxygens (including phenoxy) is 1. The number of Topliss-reactive ketones (excluding diaryl/α,β-unsaturated/α-hetero) is 1. The number of benzene rings is 2. The highest BCUT2D eigenvalue weighted by Gasteiger charge is 2.30. The van der Waals surface area contributed by atoms with E-state index in [1.54, 1.807) is 23.1 Å². The molecule has 7 nitrogen and oxygen atoms in total. The summed E-state index contributed by atoms with van der Waals surface area (Å²) < 4.78 is 32.5. The smallest absolute Gasteiger partial charge is 0.260 e. The van der Waals surface area contributed by atoms with E-state index < -0.39 is 10.0 Å². The Labute approximate surface area is 181 Å². The van der Waals surface area contributed by atoms with E-state index in [4.69, 9.17) is 16.3 Å². The standard InChI is InChI=1S/C21H23ClN2O5S/c1-15-13-18(5-8-20(15)22)29-14-21(26)23-9-11-24(12-10-23)30(27,28)19-6-3-17(4-7-19)16(2)25/h3-8,13H,9-12,14H2,1-2H3. The number of carbonyl (C=O) groups excluding carboxylic acids is 2. The number of rotatable bonds is 6. The van der Waals surface area contributed by atoms with Crippen LogP contribution in [0.4, 0.5) is 0 Å². The first kappa shape index (κ1) is 22.3. The Bertz CT molecular complexity index is 1050. The van der Waals surface area contributed by atoms with Gasteiger partial charge in [0, 0.05) is 36.8 Å². The predicted octanol–water partition coefficient (Wildman–Crippen LogP) is 2.76. The molecule has 2 aromatic rings. The van der Waals surface area contributed by atoms with Gasteiger partial charge in [0.25, 0.3) is 5.91 Å². The van der Waals surface area contributed by atoms with Crippen molar-refractivity contribution in [2.24, 2.45) is 0 Å². The Morgan fingerprint density at radius 2 is 1.67 bits per heavy atom. The van der Waals surface area contributed by atoms with Crippen molar-refractivity contribution in [3.63, 3.8) is 0 Å². The van der Waals surface area contributed by atoms with Gasteiger partial charge in [0.15, 0.2) is 12.4 Å². The van der Waals surface area contributed by atoms with Crippen LogP contribution in [0.1, 0.15) is 22.8 Å². The number of hydrogen-bond acceptors (Lipinski definition) is 5. The molecule has 1 heterocycles. The minimum Gasteiger partial charge on any atom is -0.484 e. The van der Waals surface area contributed by atoms with Gasteiger partial charge >= 0.3 is 0 Å². The van der Waals surface area contributed by atoms with Gasteiger partial charge in [-0.25, -0.2) is 8.42 Å². The highest BCUT2D eigenvalue weighted by molar-refractivity contribution is 7.89. The molecule has 0 N–H and O–H groups in total. The van der Waals surface area contributed by atoms with Crippen molar-refractivity contribution < 1.29 is 22.7 Å². The lowest BCUT2D eigenvalue weighted by molar-refractivity contribution is -0.134. The molecule has 2 aromatic carbocycles. The van der Waals surface area contributed by atoms with E-state index in [0.717, 1.165) is 5.56 Å². The van der Waals surface area contributed by atoms with Gasteiger partial charge in [-0.1, -0.05) is 23.7 Å². The van der Waals surface area contributed by atoms with E-state index in [9.17, 15) is 18.0 Å². The fourth-order valence-corrected chi connectivity index (χ4v) is 4.67. The molecule has 1 aliphatic heterocycles. The summed E-state index contributed by atoms with van der Waals surface area (Å²) in [6, 6.07) is 11.1. The molecule has 1 amide bonds. The van der Waals surface area contributed by atoms with E-state index >= 15 is 0 Å². The lowest BCUT2D eigenvalue weighted by atomic mass is 10.2. The van der Waals surface area contributed by atoms with Crippen molar-refractivity contribution in [3.8, 4) is 5.75 Å². The van der Waals surface area contributed by atoms with Crippen LogP contribution in [0, 0.1) is 6.92 Å². The molecule has 1 aliphatic rings. The quantitative estimate of drug-likeness (QED) is 0.632. The van der Waals surface area contributed by atoms with Crippen molar-refractivity contribution in [1.29, 1.82) is 0 Å². The number of halogens is 1. The maximum atomic E-state index is 12.8. The van der Waals surface area contributed by atoms with Gasteiger partial charge in [0.1, 0.15) is 5.75 Å². The minimum atomic E-state index is -3.68. The van der Waals surface area contributed by atoms with Crippen LogP contribution in [0.25, 0.3) is 0 Å². The first-order valence-electron chi connectivity index (χ1n) is 9.46. The van der Waals surface area contributed by atoms with E-state index in [2.05, 4.69) is 0 Å². The number of carbonyl (C=O) groups is 2. The molecule has 30 heavy (non-hydrogen) atoms. The fraction of sp³-hybridized carbons (Fsp3) is 0.333. The maximum absolute atomic E-state index is 12.8. The molecule has 1 fully saturated rings. The van der Waals surface area contributed by atoms with Gasteiger partial charge in [-0.05, 0) is 49.7 Å². The SMILES string of the molecule is CC(=O)c1ccc(S(=O)(=O)N2CCN(C(=O)COc3ccc(Cl)c(C)c3)CC2)cc1. The fourth-order valence-electron chi connectivity index (χ4n) is 3.13. The molecule has 9 heteroatoms. The second-order valence-corrected chi connectivity index (χ2v) is 9.41. The minimum absolute atomic E-state index is 0.123. The summed E-state index contributed by atoms with van der Waals surface area (Å²) >= 11 is 5.98. The molecule has 0 radical (unpaired) electrons. The zero-order chi connectivity index (χ0) is 21.9. The van der Waals surface area contributed by atoms with Gasteiger partial charge in [-0.3, -0.25) is 9.59 Å². The summed E-state index contributed by atoms with van der Waals surface area (Å²) in [7, 11) is -3.68. The number of sulfonamides is 1. The molecule has 0 atom stereocenters. The van der Waals surface area contributed by atoms with Gasteiger partial charge < -0.3 is 9.64 Å². The van der Waals surface area contributed by atoms with Crippen LogP contribution in [0.2, 0.25) is 5.02 Å². The Morgan fingerprint density at radius 3 is 2.23 bits per heavy atom. The third-order valence-corrected chi connectivity index (χ3v) is 7.32. The normalized spacial score (nSPS) is 15.1. The van der Waals surface area contributed by atoms with Gasteiger partial charge in [-0.15, -0.1) is 0 Å². The molecular formula is C21H23ClN2O5S. The second-order valence-electron chi connectivity index (χ2n) is 7.07. The van der Waals surface area contributed by atoms with E-state index in [1.807, 2.05) is 6.92 Å². The molecule has 0 aromatic heterocycles. The Hall–Kier alpha value is -2.42. The topological polar surface area (TPSA) is 84.0 Å². The Kier molecular flexibility index (Phi) is 6.80. The number of ketones is 1. The van der Waals surface area contributed by atoms with Gasteiger partial charge in [-0.2, -0.15) is 4.31 Å². The molecule has 3 rings (SSSR count). The molecule has 160 valence electrons. The first-order valence-corrected chi connectivity index (χ1v) is 11.3. The first-order chi connectivity index (χ1) is 14.2. The third-order valence-electron chi connectivity index (χ3n) is 4.98. The lowest BCUT2D eigenvalue weighted by Crippen LogP contribution is -2.51. The van der Waals surface area contributed by atoms with Crippen LogP contribution in [-0.4, -0.2) is 62.1 Å². The number of piperazine rings is 1. The van der Waals surface area contributed by atoms with Crippen LogP contribution >= 0.6 is 11.6 Å². The van der Waals surface area contributed by atoms with Crippen LogP contribution in [-0.2, 0) is 14.8 Å². The van der Waals surface area contributed by atoms with Crippen molar-refractivity contribution in [1.82, 2.24) is 9.21 Å². The Morgan fingerprint density at radius 1 is 1.03 bits per heavy atom. The van der Waals surface area contributed by atoms with E-state index in [1.165, 1.54) is 35.5 Å². The average molecular weight is 451 g/mol. The maximum Gasteiger partial charge on any atom is 0.260 e. The summed E-state index contributed by atoms with van der Waals surface area (Å²) in [5.41, 5.74) is 1.32. The molecule has 0 bridgehead atoms. The highest BCUT2D eigenvalue weighted by Crippen LogP contribution is 2.22. The lowest BCUT2D eigenvalue weighted by Gasteiger charge is -2.34. The monoisotopic (exact) mass is 450 g/mol. The number of nitrogens with zero attached hydrogens (tertiary/aromatic N) is 2. The third kappa shape index (κ3) is 5.00. The summed E-state index contributed by atoms with van der Waals surface area (Å²) in [6.45, 7) is 4.12. The molecule has 0 spiro atoms. The highest BCUT2D eigenvalue weighted by atomic mass is 35.5. The number of hydrogen-bond donors (Lipinski definition) is 0. The second kappa shape index (κ2) is 9.16. The van der Waals surface area contributed by atoms with Crippen molar-refractivity contribution in [3.05, 3.63) is 58.6 Å². The van der Waals surface area contributed by atoms with Crippen molar-refractivity contribution in [2.75, 3.05) is 32.8 Å². The number of aryl methyl sites for hydroxylation is 1. The molecule has 1 saturated heterocycles. The summed E-state index contributed by atoms with van der Waals surface area (Å²) in [5, 5.41) is 0.627. The molecule has 0 unspecified atom stereocenters. The summed E-state index contributed by atoms with van der Waals surface area (Å²) in [5.74, 6) is 0.230. The summed E-state index contributed by atoms with van der Waals surface area (Å²) in [6.07, 6.45) is 0. The van der Waals surface area contributed by atoms with Crippen LogP contribution in [0.15, 0.2) is 47.4 Å². The van der Waals surface area contributed by atoms with Crippen LogP contribution in [0.3, 0.4) is 0 Å². The van der Waals surface area contributed by atoms with Crippen LogP contribution in [0.5, 0.6) is 5.75 Å². The number of amides is 1. The van der Waals surface area contributed by atoms with Gasteiger partial charge in [0.2, 0.25) is 10.0 Å². The molecule has 0 saturated carbocycles. The Balaban J connectivity index is 1.56. The zero-order valence-corrected chi connectivity index (χ0v) is 18.4. The molecular weight excluding hydrogens is 428 g/mol. The van der Waals surface area contributed by atoms with Crippen molar-refractivity contribution >= 4 is 33.3 Å². The van der Waals surface area contributed by atoms with Gasteiger partial charge in [0.05, 0.1) is 4.90 Å². The molecule has 0 aliphatic carbocycles. The average Bonchev–Trinajstić information content (AvgIpc) is 2.74. The van der Waals surface area contributed by atoms with E-state index in [-0.39, 0.29) is 49.4 Å².